The van der Waals surface area contributed by atoms with Crippen molar-refractivity contribution >= 4 is 17.7 Å². The first-order valence-electron chi connectivity index (χ1n) is 9.27. The Labute approximate surface area is 172 Å². The van der Waals surface area contributed by atoms with E-state index < -0.39 is 11.8 Å². The number of nitrogens with zero attached hydrogens (tertiary/aromatic N) is 2. The number of carbonyl (C=O) groups is 3. The molecule has 30 heavy (non-hydrogen) atoms. The number of hydrazine groups is 1. The van der Waals surface area contributed by atoms with E-state index in [4.69, 9.17) is 0 Å². The maximum atomic E-state index is 12.2. The van der Waals surface area contributed by atoms with E-state index in [9.17, 15) is 19.5 Å². The van der Waals surface area contributed by atoms with E-state index in [1.165, 1.54) is 10.9 Å². The van der Waals surface area contributed by atoms with Crippen molar-refractivity contribution in [3.8, 4) is 11.4 Å². The van der Waals surface area contributed by atoms with Crippen LogP contribution >= 0.6 is 0 Å². The number of aromatic nitrogens is 2. The second-order valence-corrected chi connectivity index (χ2v) is 6.41. The SMILES string of the molecule is O=C(Cc1ccccc1)NCCC(=O)NNC(=O)c1nn(-c2ccccc2)cc1O. The fourth-order valence-electron chi connectivity index (χ4n) is 2.65. The molecular formula is C21H21N5O4. The van der Waals surface area contributed by atoms with Gasteiger partial charge in [0.15, 0.2) is 11.4 Å². The first-order valence-corrected chi connectivity index (χ1v) is 9.27. The fraction of sp³-hybridized carbons (Fsp3) is 0.143. The molecule has 0 atom stereocenters. The van der Waals surface area contributed by atoms with Crippen molar-refractivity contribution in [3.05, 3.63) is 78.1 Å². The lowest BCUT2D eigenvalue weighted by Gasteiger charge is -2.07. The minimum absolute atomic E-state index is 0.0226. The number of nitrogens with one attached hydrogen (secondary N) is 3. The zero-order valence-corrected chi connectivity index (χ0v) is 16.0. The minimum Gasteiger partial charge on any atom is -0.504 e. The van der Waals surface area contributed by atoms with Gasteiger partial charge in [0, 0.05) is 13.0 Å². The highest BCUT2D eigenvalue weighted by Crippen LogP contribution is 2.17. The molecule has 3 rings (SSSR count). The molecule has 9 nitrogen and oxygen atoms in total. The highest BCUT2D eigenvalue weighted by Gasteiger charge is 2.17. The van der Waals surface area contributed by atoms with Crippen LogP contribution in [0, 0.1) is 0 Å². The van der Waals surface area contributed by atoms with E-state index in [-0.39, 0.29) is 36.7 Å². The van der Waals surface area contributed by atoms with E-state index in [0.717, 1.165) is 5.56 Å². The average molecular weight is 407 g/mol. The Balaban J connectivity index is 1.42. The molecule has 154 valence electrons. The molecule has 0 saturated carbocycles. The Bertz CT molecular complexity index is 1020. The maximum absolute atomic E-state index is 12.2. The van der Waals surface area contributed by atoms with Crippen LogP contribution in [0.2, 0.25) is 0 Å². The zero-order valence-electron chi connectivity index (χ0n) is 16.0. The lowest BCUT2D eigenvalue weighted by molar-refractivity contribution is -0.122. The summed E-state index contributed by atoms with van der Waals surface area (Å²) < 4.78 is 1.36. The number of benzene rings is 2. The average Bonchev–Trinajstić information content (AvgIpc) is 3.15. The largest absolute Gasteiger partial charge is 0.504 e. The monoisotopic (exact) mass is 407 g/mol. The summed E-state index contributed by atoms with van der Waals surface area (Å²) in [7, 11) is 0. The van der Waals surface area contributed by atoms with Crippen LogP contribution in [0.4, 0.5) is 0 Å². The number of hydrogen-bond donors (Lipinski definition) is 4. The predicted molar refractivity (Wildman–Crippen MR) is 109 cm³/mol. The third-order valence-corrected chi connectivity index (χ3v) is 4.13. The van der Waals surface area contributed by atoms with E-state index in [2.05, 4.69) is 21.3 Å². The molecule has 1 heterocycles. The van der Waals surface area contributed by atoms with Crippen molar-refractivity contribution in [1.29, 1.82) is 0 Å². The van der Waals surface area contributed by atoms with Crippen LogP contribution < -0.4 is 16.2 Å². The molecule has 0 aliphatic rings. The number of para-hydroxylation sites is 1. The molecule has 0 radical (unpaired) electrons. The van der Waals surface area contributed by atoms with Gasteiger partial charge in [-0.15, -0.1) is 0 Å². The number of rotatable bonds is 7. The molecule has 3 amide bonds. The van der Waals surface area contributed by atoms with Crippen molar-refractivity contribution < 1.29 is 19.5 Å². The first kappa shape index (κ1) is 20.6. The molecule has 3 aromatic rings. The topological polar surface area (TPSA) is 125 Å². The van der Waals surface area contributed by atoms with Crippen LogP contribution in [0.1, 0.15) is 22.5 Å². The van der Waals surface area contributed by atoms with E-state index in [1.807, 2.05) is 36.4 Å². The summed E-state index contributed by atoms with van der Waals surface area (Å²) in [6.45, 7) is 0.126. The third-order valence-electron chi connectivity index (χ3n) is 4.13. The minimum atomic E-state index is -0.761. The molecule has 0 unspecified atom stereocenters. The van der Waals surface area contributed by atoms with Crippen molar-refractivity contribution in [1.82, 2.24) is 25.9 Å². The standard InChI is InChI=1S/C21H21N5O4/c27-17-14-26(16-9-5-2-6-10-16)25-20(17)21(30)24-23-18(28)11-12-22-19(29)13-15-7-3-1-4-8-15/h1-10,14,27H,11-13H2,(H,22,29)(H,23,28)(H,24,30). The molecule has 0 bridgehead atoms. The van der Waals surface area contributed by atoms with Gasteiger partial charge in [0.05, 0.1) is 18.3 Å². The molecule has 4 N–H and O–H groups in total. The number of hydrogen-bond acceptors (Lipinski definition) is 5. The Morgan fingerprint density at radius 1 is 0.900 bits per heavy atom. The molecule has 0 aliphatic heterocycles. The molecule has 0 aliphatic carbocycles. The van der Waals surface area contributed by atoms with Crippen molar-refractivity contribution in [2.45, 2.75) is 12.8 Å². The van der Waals surface area contributed by atoms with Gasteiger partial charge in [-0.3, -0.25) is 25.2 Å². The van der Waals surface area contributed by atoms with Gasteiger partial charge in [0.25, 0.3) is 5.91 Å². The molecule has 2 aromatic carbocycles. The van der Waals surface area contributed by atoms with Gasteiger partial charge in [-0.25, -0.2) is 4.68 Å². The summed E-state index contributed by atoms with van der Waals surface area (Å²) >= 11 is 0. The van der Waals surface area contributed by atoms with Gasteiger partial charge in [-0.2, -0.15) is 5.10 Å². The van der Waals surface area contributed by atoms with Crippen LogP contribution in [0.15, 0.2) is 66.9 Å². The van der Waals surface area contributed by atoms with Crippen LogP contribution in [-0.2, 0) is 16.0 Å². The van der Waals surface area contributed by atoms with Gasteiger partial charge in [-0.1, -0.05) is 48.5 Å². The Kier molecular flexibility index (Phi) is 6.78. The molecule has 9 heteroatoms. The molecule has 0 saturated heterocycles. The van der Waals surface area contributed by atoms with Crippen molar-refractivity contribution in [2.24, 2.45) is 0 Å². The van der Waals surface area contributed by atoms with E-state index >= 15 is 0 Å². The molecule has 0 spiro atoms. The second-order valence-electron chi connectivity index (χ2n) is 6.41. The van der Waals surface area contributed by atoms with E-state index in [0.29, 0.717) is 5.69 Å². The summed E-state index contributed by atoms with van der Waals surface area (Å²) in [6.07, 6.45) is 1.50. The van der Waals surface area contributed by atoms with Crippen LogP contribution in [0.25, 0.3) is 5.69 Å². The lowest BCUT2D eigenvalue weighted by atomic mass is 10.1. The predicted octanol–water partition coefficient (Wildman–Crippen LogP) is 1.09. The quantitative estimate of drug-likeness (QED) is 0.436. The first-order chi connectivity index (χ1) is 14.5. The maximum Gasteiger partial charge on any atom is 0.294 e. The smallest absolute Gasteiger partial charge is 0.294 e. The third kappa shape index (κ3) is 5.68. The van der Waals surface area contributed by atoms with Gasteiger partial charge in [-0.05, 0) is 17.7 Å². The Morgan fingerprint density at radius 3 is 2.27 bits per heavy atom. The molecule has 0 fully saturated rings. The summed E-state index contributed by atoms with van der Waals surface area (Å²) in [5, 5.41) is 16.6. The summed E-state index contributed by atoms with van der Waals surface area (Å²) in [4.78, 5) is 35.9. The number of carbonyl (C=O) groups excluding carboxylic acids is 3. The van der Waals surface area contributed by atoms with Gasteiger partial charge in [0.1, 0.15) is 0 Å². The Morgan fingerprint density at radius 2 is 1.57 bits per heavy atom. The number of aromatic hydroxyl groups is 1. The zero-order chi connectivity index (χ0) is 21.3. The van der Waals surface area contributed by atoms with Crippen LogP contribution in [-0.4, -0.2) is 39.2 Å². The summed E-state index contributed by atoms with van der Waals surface area (Å²) in [6, 6.07) is 18.2. The van der Waals surface area contributed by atoms with E-state index in [1.54, 1.807) is 24.3 Å². The van der Waals surface area contributed by atoms with Crippen molar-refractivity contribution in [3.63, 3.8) is 0 Å². The second kappa shape index (κ2) is 9.87. The number of amides is 3. The van der Waals surface area contributed by atoms with Gasteiger partial charge >= 0.3 is 0 Å². The Hall–Kier alpha value is -4.14. The van der Waals surface area contributed by atoms with Crippen LogP contribution in [0.3, 0.4) is 0 Å². The lowest BCUT2D eigenvalue weighted by Crippen LogP contribution is -2.43. The highest BCUT2D eigenvalue weighted by atomic mass is 16.3. The van der Waals surface area contributed by atoms with Gasteiger partial charge in [0.2, 0.25) is 11.8 Å². The fourth-order valence-corrected chi connectivity index (χ4v) is 2.65. The normalized spacial score (nSPS) is 10.3. The summed E-state index contributed by atoms with van der Waals surface area (Å²) in [5.41, 5.74) is 5.74. The molecular weight excluding hydrogens is 386 g/mol. The van der Waals surface area contributed by atoms with Gasteiger partial charge < -0.3 is 10.4 Å². The molecule has 1 aromatic heterocycles. The van der Waals surface area contributed by atoms with Crippen molar-refractivity contribution in [2.75, 3.05) is 6.54 Å². The highest BCUT2D eigenvalue weighted by molar-refractivity contribution is 5.96. The summed E-state index contributed by atoms with van der Waals surface area (Å²) in [5.74, 6) is -1.78. The van der Waals surface area contributed by atoms with Crippen LogP contribution in [0.5, 0.6) is 5.75 Å².